The van der Waals surface area contributed by atoms with Gasteiger partial charge >= 0.3 is 0 Å². The van der Waals surface area contributed by atoms with E-state index in [9.17, 15) is 4.79 Å². The zero-order valence-electron chi connectivity index (χ0n) is 11.9. The minimum atomic E-state index is -0.190. The predicted octanol–water partition coefficient (Wildman–Crippen LogP) is 1.60. The molecule has 0 radical (unpaired) electrons. The average Bonchev–Trinajstić information content (AvgIpc) is 3.28. The summed E-state index contributed by atoms with van der Waals surface area (Å²) in [6, 6.07) is 8.02. The third-order valence-corrected chi connectivity index (χ3v) is 4.11. The van der Waals surface area contributed by atoms with Crippen molar-refractivity contribution in [2.45, 2.75) is 0 Å². The number of imidazole rings is 2. The van der Waals surface area contributed by atoms with E-state index in [4.69, 9.17) is 0 Å². The highest BCUT2D eigenvalue weighted by Gasteiger charge is 2.13. The molecule has 6 heteroatoms. The van der Waals surface area contributed by atoms with Crippen molar-refractivity contribution in [3.05, 3.63) is 70.4 Å². The van der Waals surface area contributed by atoms with Gasteiger partial charge in [-0.25, -0.2) is 9.97 Å². The van der Waals surface area contributed by atoms with E-state index in [1.165, 1.54) is 0 Å². The number of H-pyrrole nitrogens is 2. The van der Waals surface area contributed by atoms with E-state index in [0.29, 0.717) is 5.65 Å². The van der Waals surface area contributed by atoms with Crippen LogP contribution in [0.3, 0.4) is 0 Å². The van der Waals surface area contributed by atoms with Crippen LogP contribution >= 0.6 is 0 Å². The molecule has 0 saturated heterocycles. The summed E-state index contributed by atoms with van der Waals surface area (Å²) < 4.78 is 1.84. The van der Waals surface area contributed by atoms with Crippen molar-refractivity contribution in [2.24, 2.45) is 0 Å². The Morgan fingerprint density at radius 1 is 1.13 bits per heavy atom. The molecule has 23 heavy (non-hydrogen) atoms. The van der Waals surface area contributed by atoms with Gasteiger partial charge in [0.2, 0.25) is 5.65 Å². The first-order valence-electron chi connectivity index (χ1n) is 7.23. The largest absolute Gasteiger partial charge is 0.351 e. The maximum atomic E-state index is 12.3. The number of nitrogens with one attached hydrogen (secondary N) is 2. The molecular weight excluding hydrogens is 290 g/mol. The summed E-state index contributed by atoms with van der Waals surface area (Å²) in [5.74, 6) is 0. The number of rotatable bonds is 1. The predicted molar refractivity (Wildman–Crippen MR) is 88.2 cm³/mol. The van der Waals surface area contributed by atoms with Gasteiger partial charge in [-0.3, -0.25) is 9.20 Å². The molecule has 2 aromatic carbocycles. The van der Waals surface area contributed by atoms with Gasteiger partial charge in [-0.15, -0.1) is 0 Å². The lowest BCUT2D eigenvalue weighted by Crippen LogP contribution is -2.13. The molecule has 0 unspecified atom stereocenters. The first-order chi connectivity index (χ1) is 11.3. The van der Waals surface area contributed by atoms with E-state index in [1.54, 1.807) is 12.5 Å². The molecule has 2 N–H and O–H groups in total. The average molecular weight is 301 g/mol. The zero-order valence-corrected chi connectivity index (χ0v) is 11.9. The van der Waals surface area contributed by atoms with Gasteiger partial charge in [0.1, 0.15) is 0 Å². The van der Waals surface area contributed by atoms with Crippen LogP contribution in [0.2, 0.25) is 0 Å². The van der Waals surface area contributed by atoms with E-state index in [2.05, 4.69) is 26.0 Å². The molecule has 0 aliphatic heterocycles. The van der Waals surface area contributed by atoms with Crippen LogP contribution in [0.1, 0.15) is 5.69 Å². The van der Waals surface area contributed by atoms with Crippen LogP contribution in [0.5, 0.6) is 0 Å². The smallest absolute Gasteiger partial charge is 0.292 e. The lowest BCUT2D eigenvalue weighted by Gasteiger charge is -1.97. The van der Waals surface area contributed by atoms with Gasteiger partial charge in [0.05, 0.1) is 23.1 Å². The molecule has 0 aliphatic carbocycles. The van der Waals surface area contributed by atoms with Crippen LogP contribution in [-0.4, -0.2) is 24.3 Å². The number of benzene rings is 1. The molecule has 0 bridgehead atoms. The highest BCUT2D eigenvalue weighted by molar-refractivity contribution is 6.09. The van der Waals surface area contributed by atoms with Crippen molar-refractivity contribution < 1.29 is 0 Å². The van der Waals surface area contributed by atoms with Crippen molar-refractivity contribution in [3.63, 3.8) is 0 Å². The standard InChI is InChI=1S/C17H11N5O/c23-17-16-19-5-6-22(16)15-13(7-10-8-18-9-20-10)11-3-1-2-4-12(11)14(15)21-17/h1-9H,(H,18,20)(H,21,23)/b13-7+. The molecule has 0 atom stereocenters. The normalized spacial score (nSPS) is 12.8. The van der Waals surface area contributed by atoms with Crippen LogP contribution in [0.15, 0.2) is 54.0 Å². The highest BCUT2D eigenvalue weighted by atomic mass is 16.1. The van der Waals surface area contributed by atoms with E-state index < -0.39 is 0 Å². The number of hydrogen-bond acceptors (Lipinski definition) is 3. The minimum Gasteiger partial charge on any atom is -0.351 e. The SMILES string of the molecule is O=c1[nH]c2c3ccccc3/c(=C\c3c[nH]cn3)c2n2ccnc12. The Labute approximate surface area is 129 Å². The molecule has 0 aliphatic rings. The molecule has 3 aromatic heterocycles. The van der Waals surface area contributed by atoms with Gasteiger partial charge in [0.15, 0.2) is 0 Å². The first-order valence-corrected chi connectivity index (χ1v) is 7.23. The molecule has 3 heterocycles. The molecule has 0 amide bonds. The summed E-state index contributed by atoms with van der Waals surface area (Å²) in [6.45, 7) is 0. The fraction of sp³-hybridized carbons (Fsp3) is 0. The topological polar surface area (TPSA) is 78.8 Å². The quantitative estimate of drug-likeness (QED) is 0.493. The summed E-state index contributed by atoms with van der Waals surface area (Å²) in [4.78, 5) is 26.6. The third-order valence-electron chi connectivity index (χ3n) is 4.11. The number of hydrogen-bond donors (Lipinski definition) is 2. The summed E-state index contributed by atoms with van der Waals surface area (Å²) >= 11 is 0. The summed E-state index contributed by atoms with van der Waals surface area (Å²) in [6.07, 6.45) is 8.95. The highest BCUT2D eigenvalue weighted by Crippen LogP contribution is 2.22. The molecular formula is C17H11N5O. The Bertz CT molecular complexity index is 1280. The van der Waals surface area contributed by atoms with Gasteiger partial charge in [-0.2, -0.15) is 0 Å². The lowest BCUT2D eigenvalue weighted by atomic mass is 10.2. The Morgan fingerprint density at radius 2 is 2.00 bits per heavy atom. The summed E-state index contributed by atoms with van der Waals surface area (Å²) in [7, 11) is 0. The van der Waals surface area contributed by atoms with Crippen molar-refractivity contribution in [2.75, 3.05) is 0 Å². The van der Waals surface area contributed by atoms with E-state index in [-0.39, 0.29) is 5.56 Å². The van der Waals surface area contributed by atoms with Crippen molar-refractivity contribution in [1.82, 2.24) is 24.3 Å². The lowest BCUT2D eigenvalue weighted by molar-refractivity contribution is 1.17. The number of aromatic nitrogens is 5. The van der Waals surface area contributed by atoms with E-state index in [0.717, 1.165) is 32.7 Å². The second-order valence-electron chi connectivity index (χ2n) is 5.40. The van der Waals surface area contributed by atoms with E-state index in [1.807, 2.05) is 41.1 Å². The summed E-state index contributed by atoms with van der Waals surface area (Å²) in [5, 5.41) is 3.10. The van der Waals surface area contributed by atoms with Crippen molar-refractivity contribution in [1.29, 1.82) is 0 Å². The number of aromatic amines is 2. The fourth-order valence-electron chi connectivity index (χ4n) is 3.17. The molecule has 5 aromatic rings. The van der Waals surface area contributed by atoms with Crippen LogP contribution in [0.4, 0.5) is 0 Å². The Morgan fingerprint density at radius 3 is 2.83 bits per heavy atom. The zero-order chi connectivity index (χ0) is 15.4. The molecule has 5 rings (SSSR count). The molecule has 6 nitrogen and oxygen atoms in total. The maximum Gasteiger partial charge on any atom is 0.292 e. The first kappa shape index (κ1) is 12.2. The second kappa shape index (κ2) is 4.30. The molecule has 110 valence electrons. The van der Waals surface area contributed by atoms with Crippen LogP contribution < -0.4 is 10.8 Å². The number of fused-ring (bicyclic) bond motifs is 5. The number of nitrogens with zero attached hydrogens (tertiary/aromatic N) is 3. The van der Waals surface area contributed by atoms with Crippen molar-refractivity contribution in [3.8, 4) is 0 Å². The molecule has 0 fully saturated rings. The second-order valence-corrected chi connectivity index (χ2v) is 5.40. The van der Waals surface area contributed by atoms with Gasteiger partial charge < -0.3 is 9.97 Å². The Hall–Kier alpha value is -3.41. The molecule has 0 saturated carbocycles. The van der Waals surface area contributed by atoms with Gasteiger partial charge in [0, 0.05) is 29.2 Å². The minimum absolute atomic E-state index is 0.190. The molecule has 0 spiro atoms. The van der Waals surface area contributed by atoms with Crippen molar-refractivity contribution >= 4 is 33.5 Å². The monoisotopic (exact) mass is 301 g/mol. The van der Waals surface area contributed by atoms with Crippen LogP contribution in [0.25, 0.3) is 33.5 Å². The summed E-state index contributed by atoms with van der Waals surface area (Å²) in [5.41, 5.74) is 2.79. The van der Waals surface area contributed by atoms with Gasteiger partial charge in [-0.05, 0) is 11.5 Å². The van der Waals surface area contributed by atoms with E-state index >= 15 is 0 Å². The van der Waals surface area contributed by atoms with Gasteiger partial charge in [-0.1, -0.05) is 24.3 Å². The van der Waals surface area contributed by atoms with Crippen LogP contribution in [0, 0.1) is 0 Å². The van der Waals surface area contributed by atoms with Crippen LogP contribution in [-0.2, 0) is 0 Å². The third kappa shape index (κ3) is 1.60. The fourth-order valence-corrected chi connectivity index (χ4v) is 3.17. The van der Waals surface area contributed by atoms with Gasteiger partial charge in [0.25, 0.3) is 5.56 Å². The Kier molecular flexibility index (Phi) is 2.27. The Balaban J connectivity index is 2.14. The maximum absolute atomic E-state index is 12.3.